The van der Waals surface area contributed by atoms with Crippen molar-refractivity contribution in [3.63, 3.8) is 0 Å². The van der Waals surface area contributed by atoms with Crippen LogP contribution in [-0.2, 0) is 7.05 Å². The second-order valence-electron chi connectivity index (χ2n) is 5.41. The molecule has 3 aromatic rings. The van der Waals surface area contributed by atoms with E-state index in [1.807, 2.05) is 35.9 Å². The molecule has 8 heteroatoms. The van der Waals surface area contributed by atoms with Crippen LogP contribution in [0.1, 0.15) is 10.4 Å². The molecular weight excluding hydrogens is 352 g/mol. The Morgan fingerprint density at radius 2 is 1.73 bits per heavy atom. The van der Waals surface area contributed by atoms with Crippen molar-refractivity contribution in [3.05, 3.63) is 54.4 Å². The number of ether oxygens (including phenoxy) is 2. The van der Waals surface area contributed by atoms with Crippen LogP contribution in [0.5, 0.6) is 11.5 Å². The fraction of sp³-hybridized carbons (Fsp3) is 0.167. The molecule has 3 rings (SSSR count). The number of carbonyl (C=O) groups excluding carboxylic acids is 1. The largest absolute Gasteiger partial charge is 0.497 e. The van der Waals surface area contributed by atoms with Gasteiger partial charge in [0.15, 0.2) is 5.16 Å². The third-order valence-corrected chi connectivity index (χ3v) is 4.66. The maximum Gasteiger partial charge on any atom is 0.255 e. The van der Waals surface area contributed by atoms with E-state index in [2.05, 4.69) is 15.5 Å². The molecule has 0 unspecified atom stereocenters. The highest BCUT2D eigenvalue weighted by atomic mass is 32.2. The predicted molar refractivity (Wildman–Crippen MR) is 99.1 cm³/mol. The molecule has 1 amide bonds. The first-order chi connectivity index (χ1) is 12.6. The van der Waals surface area contributed by atoms with Gasteiger partial charge in [-0.15, -0.1) is 10.2 Å². The molecule has 1 aromatic heterocycles. The maximum absolute atomic E-state index is 12.5. The van der Waals surface area contributed by atoms with Crippen molar-refractivity contribution in [1.82, 2.24) is 14.8 Å². The Hall–Kier alpha value is -3.00. The Bertz CT molecular complexity index is 887. The van der Waals surface area contributed by atoms with E-state index in [9.17, 15) is 4.79 Å². The molecule has 0 radical (unpaired) electrons. The van der Waals surface area contributed by atoms with Gasteiger partial charge in [-0.25, -0.2) is 0 Å². The molecule has 134 valence electrons. The molecule has 0 atom stereocenters. The molecule has 0 saturated carbocycles. The number of amides is 1. The lowest BCUT2D eigenvalue weighted by atomic mass is 10.2. The summed E-state index contributed by atoms with van der Waals surface area (Å²) >= 11 is 1.50. The minimum atomic E-state index is -0.240. The van der Waals surface area contributed by atoms with Crippen molar-refractivity contribution in [3.8, 4) is 11.5 Å². The highest BCUT2D eigenvalue weighted by Crippen LogP contribution is 2.27. The van der Waals surface area contributed by atoms with Gasteiger partial charge >= 0.3 is 0 Å². The van der Waals surface area contributed by atoms with Crippen LogP contribution in [0.3, 0.4) is 0 Å². The van der Waals surface area contributed by atoms with E-state index in [1.54, 1.807) is 38.7 Å². The number of rotatable bonds is 6. The first-order valence-corrected chi connectivity index (χ1v) is 8.57. The van der Waals surface area contributed by atoms with Crippen LogP contribution in [0.2, 0.25) is 0 Å². The Labute approximate surface area is 155 Å². The van der Waals surface area contributed by atoms with E-state index < -0.39 is 0 Å². The highest BCUT2D eigenvalue weighted by Gasteiger charge is 2.11. The molecule has 1 heterocycles. The molecule has 0 aliphatic rings. The third kappa shape index (κ3) is 4.15. The van der Waals surface area contributed by atoms with E-state index >= 15 is 0 Å². The Kier molecular flexibility index (Phi) is 5.43. The standard InChI is InChI=1S/C18H18N4O3S/c1-22-11-19-21-18(22)26-16-6-4-13(5-7-16)20-17(23)12-8-14(24-2)10-15(9-12)25-3/h4-11H,1-3H3,(H,20,23). The number of hydrogen-bond acceptors (Lipinski definition) is 6. The molecule has 26 heavy (non-hydrogen) atoms. The molecule has 0 fully saturated rings. The van der Waals surface area contributed by atoms with Crippen LogP contribution in [0.25, 0.3) is 0 Å². The van der Waals surface area contributed by atoms with E-state index in [-0.39, 0.29) is 5.91 Å². The number of nitrogens with one attached hydrogen (secondary N) is 1. The van der Waals surface area contributed by atoms with Crippen molar-refractivity contribution in [2.75, 3.05) is 19.5 Å². The van der Waals surface area contributed by atoms with Gasteiger partial charge in [-0.05, 0) is 48.2 Å². The van der Waals surface area contributed by atoms with Crippen LogP contribution in [0.15, 0.2) is 58.8 Å². The summed E-state index contributed by atoms with van der Waals surface area (Å²) in [6.07, 6.45) is 1.65. The average molecular weight is 370 g/mol. The topological polar surface area (TPSA) is 78.3 Å². The minimum absolute atomic E-state index is 0.240. The summed E-state index contributed by atoms with van der Waals surface area (Å²) in [7, 11) is 4.98. The zero-order chi connectivity index (χ0) is 18.5. The van der Waals surface area contributed by atoms with Gasteiger partial charge in [0.05, 0.1) is 14.2 Å². The number of nitrogens with zero attached hydrogens (tertiary/aromatic N) is 3. The molecule has 0 aliphatic carbocycles. The fourth-order valence-corrected chi connectivity index (χ4v) is 2.98. The van der Waals surface area contributed by atoms with Crippen LogP contribution >= 0.6 is 11.8 Å². The summed E-state index contributed by atoms with van der Waals surface area (Å²) < 4.78 is 12.2. The molecule has 1 N–H and O–H groups in total. The fourth-order valence-electron chi connectivity index (χ4n) is 2.22. The van der Waals surface area contributed by atoms with Gasteiger partial charge in [0.1, 0.15) is 17.8 Å². The van der Waals surface area contributed by atoms with Gasteiger partial charge in [-0.1, -0.05) is 0 Å². The molecule has 0 spiro atoms. The summed E-state index contributed by atoms with van der Waals surface area (Å²) in [5, 5.41) is 11.6. The van der Waals surface area contributed by atoms with Gasteiger partial charge in [0.2, 0.25) is 0 Å². The van der Waals surface area contributed by atoms with Gasteiger partial charge in [0.25, 0.3) is 5.91 Å². The van der Waals surface area contributed by atoms with E-state index in [0.29, 0.717) is 22.7 Å². The minimum Gasteiger partial charge on any atom is -0.497 e. The number of hydrogen-bond donors (Lipinski definition) is 1. The number of methoxy groups -OCH3 is 2. The van der Waals surface area contributed by atoms with Crippen LogP contribution in [0, 0.1) is 0 Å². The summed E-state index contributed by atoms with van der Waals surface area (Å²) in [5.41, 5.74) is 1.15. The second-order valence-corrected chi connectivity index (χ2v) is 6.45. The van der Waals surface area contributed by atoms with Gasteiger partial charge < -0.3 is 19.4 Å². The molecule has 0 bridgehead atoms. The maximum atomic E-state index is 12.5. The lowest BCUT2D eigenvalue weighted by Crippen LogP contribution is -2.12. The number of anilines is 1. The molecule has 2 aromatic carbocycles. The van der Waals surface area contributed by atoms with Crippen molar-refractivity contribution in [2.24, 2.45) is 7.05 Å². The molecular formula is C18H18N4O3S. The summed E-state index contributed by atoms with van der Waals surface area (Å²) in [6, 6.07) is 12.6. The first-order valence-electron chi connectivity index (χ1n) is 7.75. The van der Waals surface area contributed by atoms with Crippen LogP contribution < -0.4 is 14.8 Å². The smallest absolute Gasteiger partial charge is 0.255 e. The first kappa shape index (κ1) is 17.8. The Morgan fingerprint density at radius 1 is 1.08 bits per heavy atom. The highest BCUT2D eigenvalue weighted by molar-refractivity contribution is 7.99. The Balaban J connectivity index is 1.71. The molecule has 0 aliphatic heterocycles. The molecule has 7 nitrogen and oxygen atoms in total. The second kappa shape index (κ2) is 7.92. The number of carbonyl (C=O) groups is 1. The lowest BCUT2D eigenvalue weighted by molar-refractivity contribution is 0.102. The van der Waals surface area contributed by atoms with Crippen molar-refractivity contribution in [1.29, 1.82) is 0 Å². The quantitative estimate of drug-likeness (QED) is 0.718. The summed E-state index contributed by atoms with van der Waals surface area (Å²) in [4.78, 5) is 13.5. The SMILES string of the molecule is COc1cc(OC)cc(C(=O)Nc2ccc(Sc3nncn3C)cc2)c1. The third-order valence-electron chi connectivity index (χ3n) is 3.60. The van der Waals surface area contributed by atoms with Crippen molar-refractivity contribution < 1.29 is 14.3 Å². The monoisotopic (exact) mass is 370 g/mol. The molecule has 0 saturated heterocycles. The van der Waals surface area contributed by atoms with E-state index in [4.69, 9.17) is 9.47 Å². The summed E-state index contributed by atoms with van der Waals surface area (Å²) in [5.74, 6) is 0.880. The summed E-state index contributed by atoms with van der Waals surface area (Å²) in [6.45, 7) is 0. The van der Waals surface area contributed by atoms with Gasteiger partial charge in [-0.3, -0.25) is 4.79 Å². The zero-order valence-corrected chi connectivity index (χ0v) is 15.4. The Morgan fingerprint density at radius 3 is 2.27 bits per heavy atom. The van der Waals surface area contributed by atoms with Crippen LogP contribution in [-0.4, -0.2) is 34.9 Å². The van der Waals surface area contributed by atoms with E-state index in [0.717, 1.165) is 10.1 Å². The zero-order valence-electron chi connectivity index (χ0n) is 14.6. The van der Waals surface area contributed by atoms with Gasteiger partial charge in [-0.2, -0.15) is 0 Å². The van der Waals surface area contributed by atoms with Crippen LogP contribution in [0.4, 0.5) is 5.69 Å². The average Bonchev–Trinajstić information content (AvgIpc) is 3.07. The van der Waals surface area contributed by atoms with Crippen molar-refractivity contribution in [2.45, 2.75) is 10.1 Å². The normalized spacial score (nSPS) is 10.4. The number of benzene rings is 2. The van der Waals surface area contributed by atoms with Crippen molar-refractivity contribution >= 4 is 23.4 Å². The van der Waals surface area contributed by atoms with E-state index in [1.165, 1.54) is 11.8 Å². The number of aryl methyl sites for hydroxylation is 1. The predicted octanol–water partition coefficient (Wildman–Crippen LogP) is 3.24. The van der Waals surface area contributed by atoms with Gasteiger partial charge in [0, 0.05) is 29.3 Å². The number of aromatic nitrogens is 3. The lowest BCUT2D eigenvalue weighted by Gasteiger charge is -2.09.